The monoisotopic (exact) mass is 374 g/mol. The van der Waals surface area contributed by atoms with Crippen molar-refractivity contribution in [2.75, 3.05) is 0 Å². The molecule has 0 saturated heterocycles. The van der Waals surface area contributed by atoms with Crippen LogP contribution in [0.4, 0.5) is 0 Å². The van der Waals surface area contributed by atoms with Crippen LogP contribution in [0.3, 0.4) is 0 Å². The third-order valence-corrected chi connectivity index (χ3v) is 13.0. The van der Waals surface area contributed by atoms with E-state index in [4.69, 9.17) is 0 Å². The van der Waals surface area contributed by atoms with Crippen molar-refractivity contribution in [3.63, 3.8) is 0 Å². The van der Waals surface area contributed by atoms with Crippen molar-refractivity contribution in [1.29, 1.82) is 0 Å². The molecule has 2 aromatic carbocycles. The number of benzene rings is 2. The third kappa shape index (κ3) is 5.33. The van der Waals surface area contributed by atoms with Crippen molar-refractivity contribution >= 4 is 36.3 Å². The van der Waals surface area contributed by atoms with Gasteiger partial charge in [0.25, 0.3) is 0 Å². The Morgan fingerprint density at radius 2 is 1.06 bits per heavy atom. The van der Waals surface area contributed by atoms with Crippen LogP contribution in [0.2, 0.25) is 0 Å². The van der Waals surface area contributed by atoms with Gasteiger partial charge in [-0.05, 0) is 0 Å². The average molecular weight is 372 g/mol. The molecule has 17 heavy (non-hydrogen) atoms. The van der Waals surface area contributed by atoms with Gasteiger partial charge in [0, 0.05) is 0 Å². The summed E-state index contributed by atoms with van der Waals surface area (Å²) in [5.74, 6) is 0. The Kier molecular flexibility index (Phi) is 6.26. The summed E-state index contributed by atoms with van der Waals surface area (Å²) < 4.78 is 0. The zero-order chi connectivity index (χ0) is 11.8. The van der Waals surface area contributed by atoms with E-state index >= 15 is 0 Å². The van der Waals surface area contributed by atoms with Gasteiger partial charge in [0.2, 0.25) is 0 Å². The van der Waals surface area contributed by atoms with Crippen molar-refractivity contribution in [2.24, 2.45) is 0 Å². The first-order valence-electron chi connectivity index (χ1n) is 5.44. The molecule has 0 aliphatic carbocycles. The predicted octanol–water partition coefficient (Wildman–Crippen LogP) is 3.36. The van der Waals surface area contributed by atoms with Crippen molar-refractivity contribution in [1.82, 2.24) is 0 Å². The van der Waals surface area contributed by atoms with Gasteiger partial charge in [-0.15, -0.1) is 0 Å². The molecule has 0 radical (unpaired) electrons. The second-order valence-corrected chi connectivity index (χ2v) is 13.7. The first-order chi connectivity index (χ1) is 8.45. The van der Waals surface area contributed by atoms with E-state index in [0.717, 1.165) is 0 Å². The van der Waals surface area contributed by atoms with E-state index in [1.54, 1.807) is 0 Å². The molecule has 0 unspecified atom stereocenters. The van der Waals surface area contributed by atoms with Crippen molar-refractivity contribution < 1.29 is 0 Å². The fourth-order valence-electron chi connectivity index (χ4n) is 1.37. The molecule has 88 valence electrons. The zero-order valence-electron chi connectivity index (χ0n) is 9.41. The van der Waals surface area contributed by atoms with Crippen molar-refractivity contribution in [3.8, 4) is 0 Å². The molecule has 0 fully saturated rings. The minimum atomic E-state index is 0.704. The van der Waals surface area contributed by atoms with E-state index in [1.165, 1.54) is 21.8 Å². The van der Waals surface area contributed by atoms with Gasteiger partial charge in [-0.2, -0.15) is 0 Å². The maximum atomic E-state index is 2.23. The normalized spacial score (nSPS) is 10.4. The zero-order valence-corrected chi connectivity index (χ0v) is 13.7. The average Bonchev–Trinajstić information content (AvgIpc) is 2.41. The second kappa shape index (κ2) is 8.02. The Labute approximate surface area is 118 Å². The summed E-state index contributed by atoms with van der Waals surface area (Å²) in [5, 5.41) is 2.52. The predicted molar refractivity (Wildman–Crippen MR) is 79.4 cm³/mol. The Balaban J connectivity index is 1.61. The van der Waals surface area contributed by atoms with Gasteiger partial charge in [0.1, 0.15) is 0 Å². The first kappa shape index (κ1) is 13.3. The van der Waals surface area contributed by atoms with Crippen molar-refractivity contribution in [2.45, 2.75) is 10.6 Å². The van der Waals surface area contributed by atoms with E-state index in [9.17, 15) is 0 Å². The van der Waals surface area contributed by atoms with Crippen LogP contribution in [0.15, 0.2) is 60.7 Å². The molecule has 2 aromatic rings. The van der Waals surface area contributed by atoms with Gasteiger partial charge in [-0.1, -0.05) is 0 Å². The molecule has 0 aliphatic rings. The molecule has 0 N–H and O–H groups in total. The molecule has 0 amide bonds. The molecule has 0 aliphatic heterocycles. The van der Waals surface area contributed by atoms with Crippen LogP contribution in [0.25, 0.3) is 0 Å². The van der Waals surface area contributed by atoms with Gasteiger partial charge in [0.05, 0.1) is 0 Å². The fraction of sp³-hybridized carbons (Fsp3) is 0.143. The summed E-state index contributed by atoms with van der Waals surface area (Å²) in [6, 6.07) is 21.6. The SMILES string of the molecule is c1ccc(C[Se]S[Se]Cc2ccccc2)cc1. The molecule has 0 spiro atoms. The van der Waals surface area contributed by atoms with E-state index in [1.807, 2.05) is 0 Å². The van der Waals surface area contributed by atoms with Crippen LogP contribution in [0, 0.1) is 0 Å². The molecular formula is C14H14SSe2. The third-order valence-electron chi connectivity index (χ3n) is 2.23. The van der Waals surface area contributed by atoms with Gasteiger partial charge < -0.3 is 0 Å². The Morgan fingerprint density at radius 1 is 0.647 bits per heavy atom. The van der Waals surface area contributed by atoms with E-state index in [0.29, 0.717) is 27.7 Å². The molecule has 3 heteroatoms. The second-order valence-electron chi connectivity index (χ2n) is 3.56. The summed E-state index contributed by atoms with van der Waals surface area (Å²) in [7, 11) is 2.17. The van der Waals surface area contributed by atoms with Gasteiger partial charge >= 0.3 is 119 Å². The van der Waals surface area contributed by atoms with Gasteiger partial charge in [0.15, 0.2) is 0 Å². The fourth-order valence-corrected chi connectivity index (χ4v) is 10.7. The molecule has 0 saturated carbocycles. The molecule has 0 atom stereocenters. The van der Waals surface area contributed by atoms with Crippen LogP contribution in [-0.2, 0) is 10.6 Å². The molecule has 0 heterocycles. The van der Waals surface area contributed by atoms with E-state index in [-0.39, 0.29) is 0 Å². The van der Waals surface area contributed by atoms with Crippen molar-refractivity contribution in [3.05, 3.63) is 71.8 Å². The summed E-state index contributed by atoms with van der Waals surface area (Å²) in [6.07, 6.45) is 0. The minimum absolute atomic E-state index is 0.704. The Bertz CT molecular complexity index is 375. The standard InChI is InChI=1S/C14H14SSe2/c1-3-7-13(8-4-1)11-16-15-17-12-14-9-5-2-6-10-14/h1-10H,11-12H2. The molecule has 0 aromatic heterocycles. The molecule has 2 rings (SSSR count). The maximum absolute atomic E-state index is 2.23. The van der Waals surface area contributed by atoms with Crippen LogP contribution in [0.5, 0.6) is 0 Å². The Hall–Kier alpha value is -0.171. The molecule has 0 nitrogen and oxygen atoms in total. The van der Waals surface area contributed by atoms with Crippen LogP contribution < -0.4 is 0 Å². The number of rotatable bonds is 6. The van der Waals surface area contributed by atoms with E-state index < -0.39 is 0 Å². The quantitative estimate of drug-likeness (QED) is 0.554. The summed E-state index contributed by atoms with van der Waals surface area (Å²) in [5.41, 5.74) is 2.96. The van der Waals surface area contributed by atoms with Crippen LogP contribution >= 0.6 is 8.60 Å². The molecular weight excluding hydrogens is 358 g/mol. The van der Waals surface area contributed by atoms with Gasteiger partial charge in [-0.25, -0.2) is 0 Å². The number of hydrogen-bond acceptors (Lipinski definition) is 1. The van der Waals surface area contributed by atoms with Gasteiger partial charge in [-0.3, -0.25) is 0 Å². The number of hydrogen-bond donors (Lipinski definition) is 0. The summed E-state index contributed by atoms with van der Waals surface area (Å²) in [6.45, 7) is 0. The van der Waals surface area contributed by atoms with Crippen LogP contribution in [-0.4, -0.2) is 27.7 Å². The topological polar surface area (TPSA) is 0 Å². The summed E-state index contributed by atoms with van der Waals surface area (Å²) >= 11 is 1.41. The first-order valence-corrected chi connectivity index (χ1v) is 12.7. The van der Waals surface area contributed by atoms with Crippen LogP contribution in [0.1, 0.15) is 11.1 Å². The molecule has 0 bridgehead atoms. The summed E-state index contributed by atoms with van der Waals surface area (Å²) in [4.78, 5) is 0. The van der Waals surface area contributed by atoms with E-state index in [2.05, 4.69) is 69.3 Å². The Morgan fingerprint density at radius 3 is 1.47 bits per heavy atom.